The summed E-state index contributed by atoms with van der Waals surface area (Å²) < 4.78 is 0. The second kappa shape index (κ2) is 6.46. The summed E-state index contributed by atoms with van der Waals surface area (Å²) in [5, 5.41) is 22.3. The highest BCUT2D eigenvalue weighted by Gasteiger charge is 2.28. The molecule has 26 heavy (non-hydrogen) atoms. The molecule has 0 bridgehead atoms. The molecule has 1 aromatic heterocycles. The number of H-pyrrole nitrogens is 1. The minimum atomic E-state index is -1.35. The highest BCUT2D eigenvalue weighted by Crippen LogP contribution is 2.37. The van der Waals surface area contributed by atoms with Crippen LogP contribution in [0.1, 0.15) is 37.5 Å². The molecule has 3 N–H and O–H groups in total. The predicted molar refractivity (Wildman–Crippen MR) is 106 cm³/mol. The lowest BCUT2D eigenvalue weighted by Gasteiger charge is -2.21. The normalized spacial score (nSPS) is 18.7. The van der Waals surface area contributed by atoms with Crippen molar-refractivity contribution < 1.29 is 15.0 Å². The summed E-state index contributed by atoms with van der Waals surface area (Å²) in [7, 11) is 0. The highest BCUT2D eigenvalue weighted by molar-refractivity contribution is 6.10. The molecular formula is C22H23NO3. The fourth-order valence-corrected chi connectivity index (χ4v) is 3.45. The van der Waals surface area contributed by atoms with Gasteiger partial charge in [0.15, 0.2) is 0 Å². The Morgan fingerprint density at radius 1 is 1.08 bits per heavy atom. The van der Waals surface area contributed by atoms with E-state index < -0.39 is 11.6 Å². The first-order valence-electron chi connectivity index (χ1n) is 8.79. The van der Waals surface area contributed by atoms with Gasteiger partial charge in [-0.15, -0.1) is 0 Å². The van der Waals surface area contributed by atoms with Gasteiger partial charge < -0.3 is 15.2 Å². The van der Waals surface area contributed by atoms with Crippen LogP contribution in [0.3, 0.4) is 0 Å². The van der Waals surface area contributed by atoms with E-state index in [2.05, 4.69) is 18.0 Å². The number of aryl methyl sites for hydroxylation is 1. The van der Waals surface area contributed by atoms with Crippen LogP contribution < -0.4 is 0 Å². The summed E-state index contributed by atoms with van der Waals surface area (Å²) >= 11 is 0. The Morgan fingerprint density at radius 2 is 1.81 bits per heavy atom. The van der Waals surface area contributed by atoms with Gasteiger partial charge in [-0.2, -0.15) is 0 Å². The number of carboxylic acids is 1. The van der Waals surface area contributed by atoms with Crippen molar-refractivity contribution in [1.29, 1.82) is 0 Å². The number of aromatic nitrogens is 1. The molecule has 0 spiro atoms. The summed E-state index contributed by atoms with van der Waals surface area (Å²) in [5.74, 6) is -1.05. The molecule has 1 atom stereocenters. The summed E-state index contributed by atoms with van der Waals surface area (Å²) in [6.07, 6.45) is 4.69. The zero-order valence-corrected chi connectivity index (χ0v) is 15.4. The zero-order valence-electron chi connectivity index (χ0n) is 15.4. The number of aliphatic carboxylic acids is 1. The van der Waals surface area contributed by atoms with Gasteiger partial charge in [-0.3, -0.25) is 0 Å². The maximum absolute atomic E-state index is 11.3. The number of aromatic amines is 1. The second-order valence-electron chi connectivity index (χ2n) is 6.51. The van der Waals surface area contributed by atoms with E-state index in [9.17, 15) is 15.0 Å². The number of benzene rings is 2. The van der Waals surface area contributed by atoms with E-state index in [0.29, 0.717) is 5.56 Å². The number of nitrogens with one attached hydrogen (secondary N) is 1. The first-order valence-corrected chi connectivity index (χ1v) is 8.79. The minimum absolute atomic E-state index is 0.0799. The Balaban J connectivity index is 0.000000948. The molecule has 3 aromatic rings. The molecule has 2 aromatic carbocycles. The third-order valence-electron chi connectivity index (χ3n) is 4.63. The van der Waals surface area contributed by atoms with E-state index in [0.717, 1.165) is 27.4 Å². The smallest absolute Gasteiger partial charge is 0.335 e. The molecule has 4 rings (SSSR count). The van der Waals surface area contributed by atoms with Crippen LogP contribution in [0.25, 0.3) is 27.9 Å². The molecular weight excluding hydrogens is 326 g/mol. The third-order valence-corrected chi connectivity index (χ3v) is 4.63. The molecule has 0 saturated carbocycles. The van der Waals surface area contributed by atoms with Gasteiger partial charge in [0.2, 0.25) is 0 Å². The van der Waals surface area contributed by atoms with Crippen molar-refractivity contribution in [2.24, 2.45) is 0 Å². The van der Waals surface area contributed by atoms with E-state index in [1.165, 1.54) is 11.6 Å². The molecule has 1 aliphatic rings. The Hall–Kier alpha value is -2.85. The number of carbonyl (C=O) groups is 1. The number of hydrogen-bond acceptors (Lipinski definition) is 2. The SMILES string of the molecule is CC.Cc1ccc2[nH]c3c4c(ccc3c2c1)C(C)(O)C=C(C(=O)O)C=C4. The summed E-state index contributed by atoms with van der Waals surface area (Å²) in [6.45, 7) is 7.66. The number of rotatable bonds is 1. The van der Waals surface area contributed by atoms with Crippen LogP contribution in [0, 0.1) is 6.92 Å². The third kappa shape index (κ3) is 2.82. The number of fused-ring (bicyclic) bond motifs is 5. The van der Waals surface area contributed by atoms with E-state index in [4.69, 9.17) is 0 Å². The van der Waals surface area contributed by atoms with Gasteiger partial charge in [-0.05, 0) is 43.7 Å². The van der Waals surface area contributed by atoms with E-state index in [1.807, 2.05) is 38.1 Å². The molecule has 134 valence electrons. The fraction of sp³-hybridized carbons (Fsp3) is 0.227. The van der Waals surface area contributed by atoms with Crippen LogP contribution in [0.5, 0.6) is 0 Å². The van der Waals surface area contributed by atoms with Crippen LogP contribution >= 0.6 is 0 Å². The van der Waals surface area contributed by atoms with Crippen molar-refractivity contribution in [3.8, 4) is 0 Å². The van der Waals surface area contributed by atoms with E-state index >= 15 is 0 Å². The first kappa shape index (κ1) is 18.0. The van der Waals surface area contributed by atoms with Gasteiger partial charge >= 0.3 is 5.97 Å². The Morgan fingerprint density at radius 3 is 2.50 bits per heavy atom. The molecule has 0 fully saturated rings. The lowest BCUT2D eigenvalue weighted by molar-refractivity contribution is -0.132. The number of hydrogen-bond donors (Lipinski definition) is 3. The minimum Gasteiger partial charge on any atom is -0.478 e. The second-order valence-corrected chi connectivity index (χ2v) is 6.51. The van der Waals surface area contributed by atoms with Gasteiger partial charge in [-0.25, -0.2) is 4.79 Å². The molecule has 1 aliphatic carbocycles. The van der Waals surface area contributed by atoms with Gasteiger partial charge in [0.05, 0.1) is 11.1 Å². The molecule has 4 heteroatoms. The van der Waals surface area contributed by atoms with Crippen molar-refractivity contribution in [3.05, 3.63) is 64.7 Å². The van der Waals surface area contributed by atoms with E-state index in [-0.39, 0.29) is 5.57 Å². The van der Waals surface area contributed by atoms with Gasteiger partial charge in [-0.1, -0.05) is 43.7 Å². The summed E-state index contributed by atoms with van der Waals surface area (Å²) in [5.41, 5.74) is 3.34. The van der Waals surface area contributed by atoms with Crippen LogP contribution in [0.2, 0.25) is 0 Å². The van der Waals surface area contributed by atoms with Gasteiger partial charge in [0.1, 0.15) is 5.60 Å². The maximum Gasteiger partial charge on any atom is 0.335 e. The Bertz CT molecular complexity index is 1070. The standard InChI is InChI=1S/C20H17NO3.C2H6/c1-11-3-8-17-15(9-11)13-6-7-16-14(18(13)21-17)5-4-12(19(22)23)10-20(16,2)24;1-2/h3-10,21,24H,1-2H3,(H,22,23);1-2H3. The monoisotopic (exact) mass is 349 g/mol. The largest absolute Gasteiger partial charge is 0.478 e. The fourth-order valence-electron chi connectivity index (χ4n) is 3.45. The van der Waals surface area contributed by atoms with E-state index in [1.54, 1.807) is 19.1 Å². The van der Waals surface area contributed by atoms with Crippen molar-refractivity contribution in [3.63, 3.8) is 0 Å². The van der Waals surface area contributed by atoms with Gasteiger partial charge in [0.25, 0.3) is 0 Å². The maximum atomic E-state index is 11.3. The predicted octanol–water partition coefficient (Wildman–Crippen LogP) is 4.90. The van der Waals surface area contributed by atoms with Crippen molar-refractivity contribution in [2.45, 2.75) is 33.3 Å². The molecule has 0 amide bonds. The molecule has 0 saturated heterocycles. The summed E-state index contributed by atoms with van der Waals surface area (Å²) in [4.78, 5) is 14.8. The van der Waals surface area contributed by atoms with Crippen LogP contribution in [-0.4, -0.2) is 21.2 Å². The zero-order chi connectivity index (χ0) is 19.1. The van der Waals surface area contributed by atoms with Gasteiger partial charge in [0, 0.05) is 21.9 Å². The lowest BCUT2D eigenvalue weighted by Crippen LogP contribution is -2.20. The number of aliphatic hydroxyl groups is 1. The van der Waals surface area contributed by atoms with Crippen molar-refractivity contribution in [1.82, 2.24) is 4.98 Å². The molecule has 0 radical (unpaired) electrons. The molecule has 0 aliphatic heterocycles. The molecule has 1 unspecified atom stereocenters. The molecule has 4 nitrogen and oxygen atoms in total. The topological polar surface area (TPSA) is 73.3 Å². The van der Waals surface area contributed by atoms with Crippen LogP contribution in [0.4, 0.5) is 0 Å². The van der Waals surface area contributed by atoms with Crippen LogP contribution in [-0.2, 0) is 10.4 Å². The highest BCUT2D eigenvalue weighted by atomic mass is 16.4. The average Bonchev–Trinajstić information content (AvgIpc) is 2.90. The Kier molecular flexibility index (Phi) is 4.46. The summed E-state index contributed by atoms with van der Waals surface area (Å²) in [6, 6.07) is 10.1. The number of carboxylic acid groups (broad SMARTS) is 1. The molecule has 1 heterocycles. The van der Waals surface area contributed by atoms with Crippen molar-refractivity contribution in [2.75, 3.05) is 0 Å². The Labute approximate surface area is 152 Å². The average molecular weight is 349 g/mol. The van der Waals surface area contributed by atoms with Crippen molar-refractivity contribution >= 4 is 33.9 Å². The lowest BCUT2D eigenvalue weighted by atomic mass is 9.90. The van der Waals surface area contributed by atoms with Crippen LogP contribution in [0.15, 0.2) is 48.1 Å². The first-order chi connectivity index (χ1) is 12.4. The quantitative estimate of drug-likeness (QED) is 0.585.